The lowest BCUT2D eigenvalue weighted by molar-refractivity contribution is -0.0971. The van der Waals surface area contributed by atoms with Crippen molar-refractivity contribution in [3.8, 4) is 0 Å². The average Bonchev–Trinajstić information content (AvgIpc) is 2.41. The van der Waals surface area contributed by atoms with Crippen LogP contribution in [0.4, 0.5) is 0 Å². The molecule has 0 aliphatic carbocycles. The highest BCUT2D eigenvalue weighted by molar-refractivity contribution is 14.0. The predicted molar refractivity (Wildman–Crippen MR) is 101 cm³/mol. The van der Waals surface area contributed by atoms with E-state index in [1.807, 2.05) is 12.1 Å². The van der Waals surface area contributed by atoms with Crippen LogP contribution in [0.5, 0.6) is 0 Å². The molecule has 1 unspecified atom stereocenters. The number of halogens is 2. The standard InChI is InChI=1S/C15H22BrN3O.HI/c1-11(12-6-4-5-7-13(12)16)19-14(17-3)18-8-15(2)9-20-10-15;/h4-7,11H,8-10H2,1-3H3,(H2,17,18,19);1H. The van der Waals surface area contributed by atoms with Crippen LogP contribution in [0.3, 0.4) is 0 Å². The molecule has 0 saturated carbocycles. The average molecular weight is 468 g/mol. The molecule has 1 aromatic rings. The summed E-state index contributed by atoms with van der Waals surface area (Å²) in [6, 6.07) is 8.40. The van der Waals surface area contributed by atoms with Crippen LogP contribution in [-0.2, 0) is 4.74 Å². The van der Waals surface area contributed by atoms with E-state index in [2.05, 4.69) is 57.5 Å². The van der Waals surface area contributed by atoms with Crippen LogP contribution < -0.4 is 10.6 Å². The minimum absolute atomic E-state index is 0. The van der Waals surface area contributed by atoms with E-state index in [9.17, 15) is 0 Å². The summed E-state index contributed by atoms with van der Waals surface area (Å²) >= 11 is 3.58. The number of guanidine groups is 1. The number of hydrogen-bond acceptors (Lipinski definition) is 2. The zero-order chi connectivity index (χ0) is 14.6. The number of nitrogens with zero attached hydrogens (tertiary/aromatic N) is 1. The molecule has 21 heavy (non-hydrogen) atoms. The third kappa shape index (κ3) is 5.10. The third-order valence-corrected chi connectivity index (χ3v) is 4.25. The second-order valence-electron chi connectivity index (χ2n) is 5.62. The second kappa shape index (κ2) is 8.33. The molecule has 1 atom stereocenters. The van der Waals surface area contributed by atoms with Gasteiger partial charge in [-0.15, -0.1) is 24.0 Å². The van der Waals surface area contributed by atoms with Crippen molar-refractivity contribution in [1.82, 2.24) is 10.6 Å². The van der Waals surface area contributed by atoms with Gasteiger partial charge in [0.2, 0.25) is 0 Å². The Hall–Kier alpha value is -0.340. The Morgan fingerprint density at radius 3 is 2.62 bits per heavy atom. The summed E-state index contributed by atoms with van der Waals surface area (Å²) in [5.74, 6) is 0.821. The van der Waals surface area contributed by atoms with Crippen LogP contribution in [0.2, 0.25) is 0 Å². The molecule has 1 fully saturated rings. The van der Waals surface area contributed by atoms with Crippen molar-refractivity contribution in [1.29, 1.82) is 0 Å². The molecule has 2 rings (SSSR count). The Balaban J connectivity index is 0.00000220. The molecule has 1 heterocycles. The van der Waals surface area contributed by atoms with Crippen molar-refractivity contribution < 1.29 is 4.74 Å². The fourth-order valence-corrected chi connectivity index (χ4v) is 2.78. The smallest absolute Gasteiger partial charge is 0.191 e. The predicted octanol–water partition coefficient (Wildman–Crippen LogP) is 3.33. The van der Waals surface area contributed by atoms with Gasteiger partial charge in [-0.2, -0.15) is 0 Å². The third-order valence-electron chi connectivity index (χ3n) is 3.53. The second-order valence-corrected chi connectivity index (χ2v) is 6.47. The summed E-state index contributed by atoms with van der Waals surface area (Å²) in [6.45, 7) is 6.85. The van der Waals surface area contributed by atoms with Gasteiger partial charge in [0.1, 0.15) is 0 Å². The van der Waals surface area contributed by atoms with E-state index in [0.717, 1.165) is 30.2 Å². The summed E-state index contributed by atoms with van der Waals surface area (Å²) in [5, 5.41) is 6.79. The van der Waals surface area contributed by atoms with Crippen LogP contribution in [0.15, 0.2) is 33.7 Å². The van der Waals surface area contributed by atoms with Crippen LogP contribution in [0, 0.1) is 5.41 Å². The van der Waals surface area contributed by atoms with Gasteiger partial charge in [0.15, 0.2) is 5.96 Å². The van der Waals surface area contributed by atoms with Crippen molar-refractivity contribution in [2.24, 2.45) is 10.4 Å². The summed E-state index contributed by atoms with van der Waals surface area (Å²) in [6.07, 6.45) is 0. The first-order valence-corrected chi connectivity index (χ1v) is 7.63. The van der Waals surface area contributed by atoms with E-state index in [1.54, 1.807) is 7.05 Å². The summed E-state index contributed by atoms with van der Waals surface area (Å²) in [7, 11) is 1.79. The van der Waals surface area contributed by atoms with E-state index in [4.69, 9.17) is 4.74 Å². The molecule has 0 radical (unpaired) electrons. The molecular formula is C15H23BrIN3O. The number of aliphatic imine (C=N–C) groups is 1. The molecule has 1 aliphatic rings. The normalized spacial score (nSPS) is 18.2. The molecule has 1 aromatic carbocycles. The summed E-state index contributed by atoms with van der Waals surface area (Å²) < 4.78 is 6.37. The highest BCUT2D eigenvalue weighted by atomic mass is 127. The van der Waals surface area contributed by atoms with Crippen molar-refractivity contribution in [3.63, 3.8) is 0 Å². The number of hydrogen-bond donors (Lipinski definition) is 2. The van der Waals surface area contributed by atoms with Crippen molar-refractivity contribution in [2.75, 3.05) is 26.8 Å². The fraction of sp³-hybridized carbons (Fsp3) is 0.533. The van der Waals surface area contributed by atoms with Crippen LogP contribution in [0.25, 0.3) is 0 Å². The first kappa shape index (κ1) is 18.7. The minimum atomic E-state index is 0. The number of nitrogens with one attached hydrogen (secondary N) is 2. The summed E-state index contributed by atoms with van der Waals surface area (Å²) in [5.41, 5.74) is 1.45. The Morgan fingerprint density at radius 2 is 2.10 bits per heavy atom. The first-order chi connectivity index (χ1) is 9.54. The maximum atomic E-state index is 5.26. The monoisotopic (exact) mass is 467 g/mol. The maximum absolute atomic E-state index is 5.26. The topological polar surface area (TPSA) is 45.7 Å². The van der Waals surface area contributed by atoms with Gasteiger partial charge in [-0.25, -0.2) is 0 Å². The molecule has 4 nitrogen and oxygen atoms in total. The molecule has 118 valence electrons. The van der Waals surface area contributed by atoms with Gasteiger partial charge >= 0.3 is 0 Å². The van der Waals surface area contributed by atoms with Crippen molar-refractivity contribution in [3.05, 3.63) is 34.3 Å². The Bertz CT molecular complexity index is 492. The fourth-order valence-electron chi connectivity index (χ4n) is 2.15. The van der Waals surface area contributed by atoms with Gasteiger partial charge in [-0.05, 0) is 18.6 Å². The molecule has 1 aliphatic heterocycles. The quantitative estimate of drug-likeness (QED) is 0.405. The number of benzene rings is 1. The van der Waals surface area contributed by atoms with Crippen LogP contribution in [-0.4, -0.2) is 32.8 Å². The molecule has 6 heteroatoms. The largest absolute Gasteiger partial charge is 0.380 e. The molecule has 1 saturated heterocycles. The molecule has 0 amide bonds. The van der Waals surface area contributed by atoms with Crippen LogP contribution in [0.1, 0.15) is 25.5 Å². The van der Waals surface area contributed by atoms with Gasteiger partial charge < -0.3 is 15.4 Å². The maximum Gasteiger partial charge on any atom is 0.191 e. The van der Waals surface area contributed by atoms with E-state index >= 15 is 0 Å². The molecule has 2 N–H and O–H groups in total. The highest BCUT2D eigenvalue weighted by Gasteiger charge is 2.33. The Morgan fingerprint density at radius 1 is 1.43 bits per heavy atom. The number of rotatable bonds is 4. The zero-order valence-electron chi connectivity index (χ0n) is 12.6. The van der Waals surface area contributed by atoms with Gasteiger partial charge in [-0.3, -0.25) is 4.99 Å². The van der Waals surface area contributed by atoms with E-state index in [1.165, 1.54) is 5.56 Å². The SMILES string of the molecule is CN=C(NCC1(C)COC1)NC(C)c1ccccc1Br.I. The summed E-state index contributed by atoms with van der Waals surface area (Å²) in [4.78, 5) is 4.28. The lowest BCUT2D eigenvalue weighted by Gasteiger charge is -2.38. The van der Waals surface area contributed by atoms with Crippen molar-refractivity contribution >= 4 is 45.9 Å². The minimum Gasteiger partial charge on any atom is -0.380 e. The molecule has 0 aromatic heterocycles. The van der Waals surface area contributed by atoms with E-state index in [0.29, 0.717) is 0 Å². The lowest BCUT2D eigenvalue weighted by atomic mass is 9.89. The van der Waals surface area contributed by atoms with Crippen LogP contribution >= 0.6 is 39.9 Å². The molecular weight excluding hydrogens is 445 g/mol. The van der Waals surface area contributed by atoms with E-state index in [-0.39, 0.29) is 35.4 Å². The zero-order valence-corrected chi connectivity index (χ0v) is 16.6. The molecule has 0 bridgehead atoms. The Labute approximate surface area is 152 Å². The van der Waals surface area contributed by atoms with Gasteiger partial charge in [0.25, 0.3) is 0 Å². The van der Waals surface area contributed by atoms with Gasteiger partial charge in [0.05, 0.1) is 19.3 Å². The molecule has 0 spiro atoms. The Kier molecular flexibility index (Phi) is 7.42. The van der Waals surface area contributed by atoms with E-state index < -0.39 is 0 Å². The van der Waals surface area contributed by atoms with Gasteiger partial charge in [-0.1, -0.05) is 41.1 Å². The lowest BCUT2D eigenvalue weighted by Crippen LogP contribution is -2.51. The first-order valence-electron chi connectivity index (χ1n) is 6.83. The van der Waals surface area contributed by atoms with Crippen molar-refractivity contribution in [2.45, 2.75) is 19.9 Å². The number of ether oxygens (including phenoxy) is 1. The van der Waals surface area contributed by atoms with Gasteiger partial charge in [0, 0.05) is 23.5 Å². The highest BCUT2D eigenvalue weighted by Crippen LogP contribution is 2.25.